The Labute approximate surface area is 80.4 Å². The first-order valence-electron chi connectivity index (χ1n) is 5.25. The Bertz CT molecular complexity index is 139. The van der Waals surface area contributed by atoms with Crippen LogP contribution in [0.1, 0.15) is 39.5 Å². The summed E-state index contributed by atoms with van der Waals surface area (Å²) in [5.41, 5.74) is 2.95. The Kier molecular flexibility index (Phi) is 4.70. The Morgan fingerprint density at radius 1 is 1.38 bits per heavy atom. The van der Waals surface area contributed by atoms with Gasteiger partial charge in [-0.2, -0.15) is 5.48 Å². The average Bonchev–Trinajstić information content (AvgIpc) is 2.08. The molecule has 2 unspecified atom stereocenters. The quantitative estimate of drug-likeness (QED) is 0.655. The zero-order valence-corrected chi connectivity index (χ0v) is 8.62. The molecule has 0 aliphatic heterocycles. The molecule has 0 radical (unpaired) electrons. The average molecular weight is 187 g/mol. The first-order valence-corrected chi connectivity index (χ1v) is 5.25. The van der Waals surface area contributed by atoms with Crippen LogP contribution in [-0.2, 0) is 4.84 Å². The van der Waals surface area contributed by atoms with E-state index < -0.39 is 0 Å². The van der Waals surface area contributed by atoms with E-state index in [1.54, 1.807) is 0 Å². The van der Waals surface area contributed by atoms with Gasteiger partial charge in [0.2, 0.25) is 0 Å². The highest BCUT2D eigenvalue weighted by Crippen LogP contribution is 2.18. The molecule has 2 N–H and O–H groups in total. The smallest absolute Gasteiger partial charge is 0.0716 e. The van der Waals surface area contributed by atoms with Crippen molar-refractivity contribution in [3.05, 3.63) is 0 Å². The molecular weight excluding hydrogens is 166 g/mol. The topological polar surface area (TPSA) is 41.5 Å². The minimum atomic E-state index is -0.221. The number of aliphatic hydroxyl groups excluding tert-OH is 1. The van der Waals surface area contributed by atoms with Crippen LogP contribution in [0.15, 0.2) is 0 Å². The third-order valence-corrected chi connectivity index (χ3v) is 2.38. The van der Waals surface area contributed by atoms with Crippen molar-refractivity contribution in [2.24, 2.45) is 5.92 Å². The molecule has 0 heterocycles. The summed E-state index contributed by atoms with van der Waals surface area (Å²) in [5.74, 6) is 0.535. The van der Waals surface area contributed by atoms with Crippen LogP contribution in [-0.4, -0.2) is 23.9 Å². The van der Waals surface area contributed by atoms with E-state index in [2.05, 4.69) is 19.3 Å². The van der Waals surface area contributed by atoms with Crippen molar-refractivity contribution >= 4 is 0 Å². The summed E-state index contributed by atoms with van der Waals surface area (Å²) in [6, 6.07) is 0.146. The van der Waals surface area contributed by atoms with Crippen molar-refractivity contribution in [1.29, 1.82) is 0 Å². The number of hydrogen-bond acceptors (Lipinski definition) is 3. The monoisotopic (exact) mass is 187 g/mol. The first-order chi connectivity index (χ1) is 6.20. The number of hydroxylamine groups is 1. The lowest BCUT2D eigenvalue weighted by Gasteiger charge is -2.28. The van der Waals surface area contributed by atoms with Crippen LogP contribution in [0.4, 0.5) is 0 Å². The van der Waals surface area contributed by atoms with E-state index in [0.717, 1.165) is 19.3 Å². The molecule has 0 aromatic carbocycles. The van der Waals surface area contributed by atoms with Gasteiger partial charge in [0.15, 0.2) is 0 Å². The molecule has 0 aromatic rings. The van der Waals surface area contributed by atoms with Gasteiger partial charge < -0.3 is 9.94 Å². The summed E-state index contributed by atoms with van der Waals surface area (Å²) < 4.78 is 0. The lowest BCUT2D eigenvalue weighted by molar-refractivity contribution is -0.0449. The van der Waals surface area contributed by atoms with Crippen molar-refractivity contribution < 1.29 is 9.94 Å². The van der Waals surface area contributed by atoms with Gasteiger partial charge >= 0.3 is 0 Å². The zero-order valence-electron chi connectivity index (χ0n) is 8.62. The van der Waals surface area contributed by atoms with Gasteiger partial charge in [-0.1, -0.05) is 26.7 Å². The summed E-state index contributed by atoms with van der Waals surface area (Å²) in [6.07, 6.45) is 4.05. The van der Waals surface area contributed by atoms with Crippen LogP contribution in [0.5, 0.6) is 0 Å². The fraction of sp³-hybridized carbons (Fsp3) is 1.00. The van der Waals surface area contributed by atoms with Gasteiger partial charge in [0.25, 0.3) is 0 Å². The van der Waals surface area contributed by atoms with E-state index in [0.29, 0.717) is 12.5 Å². The van der Waals surface area contributed by atoms with Gasteiger partial charge in [0.05, 0.1) is 18.8 Å². The Hall–Kier alpha value is -0.120. The van der Waals surface area contributed by atoms with Crippen LogP contribution in [0, 0.1) is 5.92 Å². The molecule has 0 spiro atoms. The lowest BCUT2D eigenvalue weighted by Crippen LogP contribution is -2.42. The minimum absolute atomic E-state index is 0.146. The number of nitrogens with one attached hydrogen (secondary N) is 1. The van der Waals surface area contributed by atoms with Crippen molar-refractivity contribution in [3.63, 3.8) is 0 Å². The molecule has 1 saturated carbocycles. The molecule has 2 atom stereocenters. The van der Waals surface area contributed by atoms with Gasteiger partial charge in [0, 0.05) is 0 Å². The van der Waals surface area contributed by atoms with E-state index in [1.165, 1.54) is 6.42 Å². The molecule has 0 saturated heterocycles. The highest BCUT2D eigenvalue weighted by molar-refractivity contribution is 4.77. The maximum atomic E-state index is 9.59. The maximum Gasteiger partial charge on any atom is 0.0716 e. The Morgan fingerprint density at radius 3 is 2.69 bits per heavy atom. The van der Waals surface area contributed by atoms with E-state index >= 15 is 0 Å². The molecule has 0 aromatic heterocycles. The summed E-state index contributed by atoms with van der Waals surface area (Å²) in [5, 5.41) is 9.59. The molecule has 1 rings (SSSR count). The third kappa shape index (κ3) is 4.07. The van der Waals surface area contributed by atoms with Crippen LogP contribution >= 0.6 is 0 Å². The van der Waals surface area contributed by atoms with Crippen molar-refractivity contribution in [3.8, 4) is 0 Å². The number of aliphatic hydroxyl groups is 1. The molecule has 3 nitrogen and oxygen atoms in total. The predicted molar refractivity (Wildman–Crippen MR) is 52.2 cm³/mol. The van der Waals surface area contributed by atoms with E-state index in [-0.39, 0.29) is 12.1 Å². The molecule has 1 aliphatic carbocycles. The molecule has 0 bridgehead atoms. The van der Waals surface area contributed by atoms with Crippen molar-refractivity contribution in [2.75, 3.05) is 6.61 Å². The molecule has 1 aliphatic rings. The van der Waals surface area contributed by atoms with E-state index in [1.807, 2.05) is 0 Å². The Balaban J connectivity index is 2.11. The van der Waals surface area contributed by atoms with Crippen molar-refractivity contribution in [2.45, 2.75) is 51.7 Å². The molecular formula is C10H21NO2. The highest BCUT2D eigenvalue weighted by atomic mass is 16.6. The molecule has 3 heteroatoms. The van der Waals surface area contributed by atoms with Crippen LogP contribution in [0.2, 0.25) is 0 Å². The predicted octanol–water partition coefficient (Wildman–Crippen LogP) is 1.47. The second kappa shape index (κ2) is 5.58. The largest absolute Gasteiger partial charge is 0.391 e. The molecule has 0 amide bonds. The van der Waals surface area contributed by atoms with E-state index in [4.69, 9.17) is 4.84 Å². The van der Waals surface area contributed by atoms with Gasteiger partial charge in [-0.15, -0.1) is 0 Å². The summed E-state index contributed by atoms with van der Waals surface area (Å²) in [6.45, 7) is 4.93. The van der Waals surface area contributed by atoms with Gasteiger partial charge in [-0.05, 0) is 18.8 Å². The second-order valence-electron chi connectivity index (χ2n) is 4.28. The van der Waals surface area contributed by atoms with Crippen LogP contribution in [0.3, 0.4) is 0 Å². The van der Waals surface area contributed by atoms with E-state index in [9.17, 15) is 5.11 Å². The summed E-state index contributed by atoms with van der Waals surface area (Å²) >= 11 is 0. The normalized spacial score (nSPS) is 29.5. The van der Waals surface area contributed by atoms with Crippen molar-refractivity contribution in [1.82, 2.24) is 5.48 Å². The fourth-order valence-corrected chi connectivity index (χ4v) is 1.57. The highest BCUT2D eigenvalue weighted by Gasteiger charge is 2.22. The second-order valence-corrected chi connectivity index (χ2v) is 4.28. The number of rotatable bonds is 4. The third-order valence-electron chi connectivity index (χ3n) is 2.38. The SMILES string of the molecule is CC(C)CONC1CCCCC1O. The van der Waals surface area contributed by atoms with Gasteiger partial charge in [0.1, 0.15) is 0 Å². The van der Waals surface area contributed by atoms with Crippen LogP contribution < -0.4 is 5.48 Å². The van der Waals surface area contributed by atoms with Gasteiger partial charge in [-0.25, -0.2) is 0 Å². The standard InChI is InChI=1S/C10H21NO2/c1-8(2)7-13-11-9-5-3-4-6-10(9)12/h8-12H,3-7H2,1-2H3. The zero-order chi connectivity index (χ0) is 9.68. The Morgan fingerprint density at radius 2 is 2.08 bits per heavy atom. The molecule has 1 fully saturated rings. The number of hydrogen-bond donors (Lipinski definition) is 2. The minimum Gasteiger partial charge on any atom is -0.391 e. The maximum absolute atomic E-state index is 9.59. The van der Waals surface area contributed by atoms with Crippen LogP contribution in [0.25, 0.3) is 0 Å². The lowest BCUT2D eigenvalue weighted by atomic mass is 9.93. The summed E-state index contributed by atoms with van der Waals surface area (Å²) in [4.78, 5) is 5.29. The molecule has 78 valence electrons. The first kappa shape index (κ1) is 11.0. The molecule has 13 heavy (non-hydrogen) atoms. The van der Waals surface area contributed by atoms with Gasteiger partial charge in [-0.3, -0.25) is 0 Å². The fourth-order valence-electron chi connectivity index (χ4n) is 1.57. The summed E-state index contributed by atoms with van der Waals surface area (Å²) in [7, 11) is 0.